The summed E-state index contributed by atoms with van der Waals surface area (Å²) >= 11 is 0. The Bertz CT molecular complexity index is 232. The maximum Gasteiger partial charge on any atom is 0.223 e. The molecule has 1 N–H and O–H groups in total. The van der Waals surface area contributed by atoms with Crippen LogP contribution in [0.25, 0.3) is 0 Å². The van der Waals surface area contributed by atoms with Crippen LogP contribution in [0.1, 0.15) is 41.5 Å². The molecule has 88 valence electrons. The molecule has 0 aromatic rings. The van der Waals surface area contributed by atoms with Crippen LogP contribution in [0, 0.1) is 17.8 Å². The van der Waals surface area contributed by atoms with E-state index in [1.165, 1.54) is 0 Å². The molecule has 0 bridgehead atoms. The Kier molecular flexibility index (Phi) is 5.55. The highest BCUT2D eigenvalue weighted by Crippen LogP contribution is 2.10. The number of hydrogen-bond acceptors (Lipinski definition) is 2. The molecule has 1 unspecified atom stereocenters. The molecule has 3 heteroatoms. The number of hydrogen-bond donors (Lipinski definition) is 1. The van der Waals surface area contributed by atoms with Gasteiger partial charge in [0, 0.05) is 11.8 Å². The smallest absolute Gasteiger partial charge is 0.223 e. The molecule has 0 aliphatic carbocycles. The fourth-order valence-corrected chi connectivity index (χ4v) is 1.25. The van der Waals surface area contributed by atoms with Gasteiger partial charge in [0.25, 0.3) is 0 Å². The largest absolute Gasteiger partial charge is 0.346 e. The van der Waals surface area contributed by atoms with Crippen molar-refractivity contribution >= 4 is 11.7 Å². The summed E-state index contributed by atoms with van der Waals surface area (Å²) < 4.78 is 0. The molecule has 3 nitrogen and oxygen atoms in total. The van der Waals surface area contributed by atoms with Crippen molar-refractivity contribution in [2.45, 2.75) is 47.6 Å². The summed E-state index contributed by atoms with van der Waals surface area (Å²) in [7, 11) is 0. The zero-order valence-electron chi connectivity index (χ0n) is 10.6. The van der Waals surface area contributed by atoms with Crippen LogP contribution >= 0.6 is 0 Å². The van der Waals surface area contributed by atoms with Crippen molar-refractivity contribution in [2.24, 2.45) is 17.8 Å². The molecule has 0 saturated carbocycles. The lowest BCUT2D eigenvalue weighted by Gasteiger charge is -2.23. The van der Waals surface area contributed by atoms with E-state index in [0.29, 0.717) is 0 Å². The monoisotopic (exact) mass is 215 g/mol. The van der Waals surface area contributed by atoms with Gasteiger partial charge in [0.2, 0.25) is 5.91 Å². The number of ketones is 1. The van der Waals surface area contributed by atoms with E-state index in [4.69, 9.17) is 0 Å². The van der Waals surface area contributed by atoms with Crippen molar-refractivity contribution in [1.82, 2.24) is 5.32 Å². The van der Waals surface area contributed by atoms with Gasteiger partial charge in [-0.3, -0.25) is 9.59 Å². The van der Waals surface area contributed by atoms with Gasteiger partial charge in [0.05, 0.1) is 6.04 Å². The summed E-state index contributed by atoms with van der Waals surface area (Å²) in [4.78, 5) is 23.3. The molecule has 0 aliphatic heterocycles. The molecule has 1 atom stereocenters. The predicted molar refractivity (Wildman–Crippen MR) is 61.5 cm³/mol. The third-order valence-corrected chi connectivity index (χ3v) is 2.36. The van der Waals surface area contributed by atoms with E-state index in [1.807, 2.05) is 41.5 Å². The zero-order chi connectivity index (χ0) is 12.2. The Morgan fingerprint density at radius 3 is 1.73 bits per heavy atom. The lowest BCUT2D eigenvalue weighted by Crippen LogP contribution is -2.47. The van der Waals surface area contributed by atoms with Gasteiger partial charge in [-0.05, 0) is 5.92 Å². The van der Waals surface area contributed by atoms with E-state index in [0.717, 1.165) is 0 Å². The fraction of sp³-hybridized carbons (Fsp3) is 0.833. The van der Waals surface area contributed by atoms with Gasteiger partial charge < -0.3 is 5.32 Å². The molecule has 0 fully saturated rings. The quantitative estimate of drug-likeness (QED) is 0.713. The van der Waals surface area contributed by atoms with Crippen molar-refractivity contribution in [2.75, 3.05) is 0 Å². The maximum absolute atomic E-state index is 11.8. The van der Waals surface area contributed by atoms with Crippen molar-refractivity contribution in [3.63, 3.8) is 0 Å². The number of nitrogens with one attached hydrogen (secondary N) is 1. The van der Waals surface area contributed by atoms with Gasteiger partial charge in [-0.25, -0.2) is 0 Å². The number of carbonyl (C=O) groups excluding carboxylic acids is 2. The second kappa shape index (κ2) is 5.89. The molecule has 0 aromatic carbocycles. The molecular formula is C12H23NO2. The molecule has 1 amide bonds. The number of Topliss-reactive ketones (excluding diaryl/α,β-unsaturated/α-hetero) is 1. The average Bonchev–Trinajstić information content (AvgIpc) is 2.11. The summed E-state index contributed by atoms with van der Waals surface area (Å²) in [6, 6.07) is -0.347. The summed E-state index contributed by atoms with van der Waals surface area (Å²) in [5.74, 6) is 0.0837. The van der Waals surface area contributed by atoms with Gasteiger partial charge in [-0.2, -0.15) is 0 Å². The normalized spacial score (nSPS) is 13.4. The average molecular weight is 215 g/mol. The minimum atomic E-state index is -0.347. The van der Waals surface area contributed by atoms with Crippen LogP contribution in [-0.2, 0) is 9.59 Å². The van der Waals surface area contributed by atoms with Crippen LogP contribution in [0.2, 0.25) is 0 Å². The molecule has 0 heterocycles. The van der Waals surface area contributed by atoms with Crippen LogP contribution in [0.3, 0.4) is 0 Å². The minimum Gasteiger partial charge on any atom is -0.346 e. The first-order chi connectivity index (χ1) is 6.77. The maximum atomic E-state index is 11.8. The molecule has 0 rings (SSSR count). The lowest BCUT2D eigenvalue weighted by atomic mass is 9.92. The van der Waals surface area contributed by atoms with Crippen LogP contribution in [-0.4, -0.2) is 17.7 Å². The molecule has 0 aromatic heterocycles. The fourth-order valence-electron chi connectivity index (χ4n) is 1.25. The predicted octanol–water partition coefficient (Wildman–Crippen LogP) is 2.01. The van der Waals surface area contributed by atoms with E-state index in [1.54, 1.807) is 0 Å². The Morgan fingerprint density at radius 2 is 1.47 bits per heavy atom. The highest BCUT2D eigenvalue weighted by atomic mass is 18.1. The Morgan fingerprint density at radius 1 is 1.00 bits per heavy atom. The minimum absolute atomic E-state index is 0.0372. The van der Waals surface area contributed by atoms with Crippen molar-refractivity contribution in [1.29, 1.82) is 0 Å². The van der Waals surface area contributed by atoms with Gasteiger partial charge in [0.1, 0.15) is 0 Å². The summed E-state index contributed by atoms with van der Waals surface area (Å²) in [5.41, 5.74) is 0. The van der Waals surface area contributed by atoms with Crippen molar-refractivity contribution in [3.05, 3.63) is 0 Å². The highest BCUT2D eigenvalue weighted by Gasteiger charge is 2.26. The standard InChI is InChI=1S/C12H23NO2/c1-7(2)10(11(14)8(3)4)13-12(15)9(5)6/h7-10H,1-6H3,(H,13,15)/i15+2. The molecule has 0 spiro atoms. The van der Waals surface area contributed by atoms with E-state index < -0.39 is 0 Å². The van der Waals surface area contributed by atoms with Gasteiger partial charge >= 0.3 is 0 Å². The van der Waals surface area contributed by atoms with Gasteiger partial charge in [-0.1, -0.05) is 41.5 Å². The Balaban J connectivity index is 4.56. The van der Waals surface area contributed by atoms with Gasteiger partial charge in [0.15, 0.2) is 5.78 Å². The first-order valence-electron chi connectivity index (χ1n) is 5.61. The van der Waals surface area contributed by atoms with Crippen molar-refractivity contribution < 1.29 is 9.59 Å². The van der Waals surface area contributed by atoms with Gasteiger partial charge in [-0.15, -0.1) is 0 Å². The van der Waals surface area contributed by atoms with Crippen LogP contribution in [0.4, 0.5) is 0 Å². The van der Waals surface area contributed by atoms with Crippen LogP contribution in [0.5, 0.6) is 0 Å². The zero-order valence-corrected chi connectivity index (χ0v) is 10.6. The summed E-state index contributed by atoms with van der Waals surface area (Å²) in [6.07, 6.45) is 0. The van der Waals surface area contributed by atoms with E-state index >= 15 is 0 Å². The second-order valence-electron chi connectivity index (χ2n) is 4.94. The second-order valence-corrected chi connectivity index (χ2v) is 4.94. The molecular weight excluding hydrogens is 192 g/mol. The summed E-state index contributed by atoms with van der Waals surface area (Å²) in [5, 5.41) is 2.81. The molecule has 0 radical (unpaired) electrons. The van der Waals surface area contributed by atoms with Crippen LogP contribution in [0.15, 0.2) is 0 Å². The first kappa shape index (κ1) is 14.1. The number of rotatable bonds is 5. The third kappa shape index (κ3) is 4.45. The third-order valence-electron chi connectivity index (χ3n) is 2.36. The van der Waals surface area contributed by atoms with Crippen molar-refractivity contribution in [3.8, 4) is 0 Å². The highest BCUT2D eigenvalue weighted by molar-refractivity contribution is 5.90. The van der Waals surface area contributed by atoms with E-state index in [-0.39, 0.29) is 35.5 Å². The topological polar surface area (TPSA) is 46.2 Å². The molecule has 15 heavy (non-hydrogen) atoms. The van der Waals surface area contributed by atoms with Crippen LogP contribution < -0.4 is 5.32 Å². The molecule has 0 saturated heterocycles. The summed E-state index contributed by atoms with van der Waals surface area (Å²) in [6.45, 7) is 11.3. The SMILES string of the molecule is CC(C)C(=O)C(NC(=[18O])C(C)C)C(C)C. The Labute approximate surface area is 92.6 Å². The number of carbonyl (C=O) groups is 2. The van der Waals surface area contributed by atoms with E-state index in [2.05, 4.69) is 5.32 Å². The first-order valence-corrected chi connectivity index (χ1v) is 5.61. The molecule has 0 aliphatic rings. The lowest BCUT2D eigenvalue weighted by molar-refractivity contribution is -0.131. The Hall–Kier alpha value is -0.860. The number of amides is 1. The van der Waals surface area contributed by atoms with E-state index in [9.17, 15) is 9.59 Å².